The molecule has 0 radical (unpaired) electrons. The van der Waals surface area contributed by atoms with Crippen LogP contribution in [0.15, 0.2) is 0 Å². The Morgan fingerprint density at radius 2 is 1.65 bits per heavy atom. The summed E-state index contributed by atoms with van der Waals surface area (Å²) in [5.74, 6) is 2.03. The fourth-order valence-corrected chi connectivity index (χ4v) is 7.58. The van der Waals surface area contributed by atoms with E-state index in [0.29, 0.717) is 23.7 Å². The Morgan fingerprint density at radius 3 is 2.39 bits per heavy atom. The number of aliphatic hydroxyl groups excluding tert-OH is 2. The number of hydrogen-bond acceptors (Lipinski definition) is 3. The minimum Gasteiger partial charge on any atom is -0.393 e. The molecule has 3 N–H and O–H groups in total. The van der Waals surface area contributed by atoms with E-state index >= 15 is 0 Å². The SMILES string of the molecule is C[C@]12CC[C@H](O)C[C@@H]1CC[C@@H]1[C@@H]2[C@@H](O)C[C@@]2(C)[C@H]1CC[C@]2(C)O. The Morgan fingerprint density at radius 1 is 0.913 bits per heavy atom. The van der Waals surface area contributed by atoms with Crippen LogP contribution in [0.2, 0.25) is 0 Å². The maximum atomic E-state index is 11.1. The summed E-state index contributed by atoms with van der Waals surface area (Å²) in [6.07, 6.45) is 7.53. The third-order valence-electron chi connectivity index (χ3n) is 9.13. The van der Waals surface area contributed by atoms with E-state index in [-0.39, 0.29) is 23.0 Å². The summed E-state index contributed by atoms with van der Waals surface area (Å²) >= 11 is 0. The molecule has 0 amide bonds. The highest BCUT2D eigenvalue weighted by molar-refractivity contribution is 5.15. The van der Waals surface area contributed by atoms with Gasteiger partial charge in [-0.05, 0) is 87.4 Å². The topological polar surface area (TPSA) is 60.7 Å². The zero-order chi connectivity index (χ0) is 16.6. The average Bonchev–Trinajstić information content (AvgIpc) is 2.69. The van der Waals surface area contributed by atoms with Crippen LogP contribution in [-0.4, -0.2) is 33.1 Å². The van der Waals surface area contributed by atoms with Crippen molar-refractivity contribution in [2.45, 2.75) is 89.9 Å². The molecule has 4 fully saturated rings. The molecule has 0 saturated heterocycles. The molecule has 0 aromatic heterocycles. The van der Waals surface area contributed by atoms with Gasteiger partial charge in [0.2, 0.25) is 0 Å². The molecule has 0 aromatic rings. The van der Waals surface area contributed by atoms with Gasteiger partial charge >= 0.3 is 0 Å². The van der Waals surface area contributed by atoms with Crippen molar-refractivity contribution in [3.05, 3.63) is 0 Å². The third kappa shape index (κ3) is 2.05. The van der Waals surface area contributed by atoms with E-state index < -0.39 is 5.60 Å². The fourth-order valence-electron chi connectivity index (χ4n) is 7.58. The van der Waals surface area contributed by atoms with Crippen molar-refractivity contribution in [3.8, 4) is 0 Å². The van der Waals surface area contributed by atoms with E-state index in [9.17, 15) is 15.3 Å². The minimum atomic E-state index is -0.635. The van der Waals surface area contributed by atoms with Crippen LogP contribution in [0, 0.1) is 34.5 Å². The van der Waals surface area contributed by atoms with Gasteiger partial charge in [-0.3, -0.25) is 0 Å². The van der Waals surface area contributed by atoms with Gasteiger partial charge < -0.3 is 15.3 Å². The Kier molecular flexibility index (Phi) is 3.52. The normalized spacial score (nSPS) is 62.3. The minimum absolute atomic E-state index is 0.134. The zero-order valence-electron chi connectivity index (χ0n) is 15.0. The first-order valence-electron chi connectivity index (χ1n) is 9.77. The standard InChI is InChI=1S/C20H34O3/c1-18-8-6-13(21)10-12(18)4-5-14-15-7-9-20(3,23)19(15,2)11-16(22)17(14)18/h12-17,21-23H,4-11H2,1-3H3/t12-,13-,14-,15-,16-,17+,18-,19-,20-/m0/s1. The smallest absolute Gasteiger partial charge is 0.0676 e. The van der Waals surface area contributed by atoms with E-state index in [4.69, 9.17) is 0 Å². The third-order valence-corrected chi connectivity index (χ3v) is 9.13. The molecular weight excluding hydrogens is 288 g/mol. The van der Waals surface area contributed by atoms with Crippen LogP contribution < -0.4 is 0 Å². The van der Waals surface area contributed by atoms with Crippen LogP contribution in [0.5, 0.6) is 0 Å². The molecule has 132 valence electrons. The second kappa shape index (κ2) is 4.95. The lowest BCUT2D eigenvalue weighted by molar-refractivity contribution is -0.197. The van der Waals surface area contributed by atoms with Gasteiger partial charge in [-0.2, -0.15) is 0 Å². The Hall–Kier alpha value is -0.120. The lowest BCUT2D eigenvalue weighted by Gasteiger charge is -2.62. The first-order valence-corrected chi connectivity index (χ1v) is 9.77. The highest BCUT2D eigenvalue weighted by atomic mass is 16.3. The molecule has 0 unspecified atom stereocenters. The van der Waals surface area contributed by atoms with Crippen molar-refractivity contribution in [2.75, 3.05) is 0 Å². The summed E-state index contributed by atoms with van der Waals surface area (Å²) in [6, 6.07) is 0. The van der Waals surface area contributed by atoms with Gasteiger partial charge in [0.1, 0.15) is 0 Å². The van der Waals surface area contributed by atoms with Crippen LogP contribution >= 0.6 is 0 Å². The van der Waals surface area contributed by atoms with Crippen molar-refractivity contribution < 1.29 is 15.3 Å². The summed E-state index contributed by atoms with van der Waals surface area (Å²) < 4.78 is 0. The van der Waals surface area contributed by atoms with E-state index in [2.05, 4.69) is 13.8 Å². The lowest BCUT2D eigenvalue weighted by atomic mass is 9.43. The molecule has 4 aliphatic rings. The van der Waals surface area contributed by atoms with Crippen molar-refractivity contribution >= 4 is 0 Å². The predicted molar refractivity (Wildman–Crippen MR) is 89.7 cm³/mol. The first-order chi connectivity index (χ1) is 10.7. The van der Waals surface area contributed by atoms with Gasteiger partial charge in [0.15, 0.2) is 0 Å². The molecule has 0 bridgehead atoms. The van der Waals surface area contributed by atoms with Gasteiger partial charge in [0.25, 0.3) is 0 Å². The summed E-state index contributed by atoms with van der Waals surface area (Å²) in [4.78, 5) is 0. The van der Waals surface area contributed by atoms with Crippen LogP contribution in [0.3, 0.4) is 0 Å². The second-order valence-electron chi connectivity index (χ2n) is 10.0. The average molecular weight is 322 g/mol. The molecule has 4 aliphatic carbocycles. The quantitative estimate of drug-likeness (QED) is 0.642. The fraction of sp³-hybridized carbons (Fsp3) is 1.00. The molecule has 3 nitrogen and oxygen atoms in total. The molecule has 0 aliphatic heterocycles. The monoisotopic (exact) mass is 322 g/mol. The number of hydrogen-bond donors (Lipinski definition) is 3. The number of fused-ring (bicyclic) bond motifs is 5. The highest BCUT2D eigenvalue weighted by Gasteiger charge is 2.65. The van der Waals surface area contributed by atoms with Crippen molar-refractivity contribution in [1.29, 1.82) is 0 Å². The van der Waals surface area contributed by atoms with Crippen LogP contribution in [0.25, 0.3) is 0 Å². The number of aliphatic hydroxyl groups is 3. The van der Waals surface area contributed by atoms with Gasteiger partial charge in [0, 0.05) is 5.41 Å². The van der Waals surface area contributed by atoms with E-state index in [1.807, 2.05) is 6.92 Å². The van der Waals surface area contributed by atoms with E-state index in [1.165, 1.54) is 12.8 Å². The van der Waals surface area contributed by atoms with Crippen molar-refractivity contribution in [1.82, 2.24) is 0 Å². The maximum Gasteiger partial charge on any atom is 0.0676 e. The van der Waals surface area contributed by atoms with E-state index in [1.54, 1.807) is 0 Å². The van der Waals surface area contributed by atoms with E-state index in [0.717, 1.165) is 38.5 Å². The first kappa shape index (κ1) is 16.4. The molecule has 3 heteroatoms. The summed E-state index contributed by atoms with van der Waals surface area (Å²) in [5.41, 5.74) is -0.591. The Balaban J connectivity index is 1.69. The van der Waals surface area contributed by atoms with Crippen molar-refractivity contribution in [2.24, 2.45) is 34.5 Å². The molecule has 0 heterocycles. The summed E-state index contributed by atoms with van der Waals surface area (Å²) in [5, 5.41) is 32.2. The molecule has 0 spiro atoms. The van der Waals surface area contributed by atoms with Gasteiger partial charge in [-0.15, -0.1) is 0 Å². The zero-order valence-corrected chi connectivity index (χ0v) is 15.0. The van der Waals surface area contributed by atoms with Gasteiger partial charge in [-0.1, -0.05) is 13.8 Å². The molecule has 9 atom stereocenters. The Labute approximate surface area is 140 Å². The largest absolute Gasteiger partial charge is 0.393 e. The Bertz CT molecular complexity index is 489. The van der Waals surface area contributed by atoms with Crippen LogP contribution in [-0.2, 0) is 0 Å². The van der Waals surface area contributed by atoms with Gasteiger partial charge in [-0.25, -0.2) is 0 Å². The maximum absolute atomic E-state index is 11.1. The molecule has 0 aromatic carbocycles. The molecule has 4 saturated carbocycles. The number of rotatable bonds is 0. The van der Waals surface area contributed by atoms with Crippen molar-refractivity contribution in [3.63, 3.8) is 0 Å². The lowest BCUT2D eigenvalue weighted by Crippen LogP contribution is -2.61. The van der Waals surface area contributed by atoms with Gasteiger partial charge in [0.05, 0.1) is 17.8 Å². The molecule has 23 heavy (non-hydrogen) atoms. The van der Waals surface area contributed by atoms with Crippen LogP contribution in [0.1, 0.15) is 72.1 Å². The predicted octanol–water partition coefficient (Wildman–Crippen LogP) is 3.11. The van der Waals surface area contributed by atoms with Crippen LogP contribution in [0.4, 0.5) is 0 Å². The highest BCUT2D eigenvalue weighted by Crippen LogP contribution is 2.68. The summed E-state index contributed by atoms with van der Waals surface area (Å²) in [6.45, 7) is 6.60. The molecule has 4 rings (SSSR count). The second-order valence-corrected chi connectivity index (χ2v) is 10.0. The summed E-state index contributed by atoms with van der Waals surface area (Å²) in [7, 11) is 0. The molecular formula is C20H34O3.